The number of hydrogen-bond acceptors (Lipinski definition) is 3. The predicted octanol–water partition coefficient (Wildman–Crippen LogP) is 4.50. The Morgan fingerprint density at radius 1 is 1.24 bits per heavy atom. The largest absolute Gasteiger partial charge is 0.308 e. The number of aryl methyl sites for hydroxylation is 1. The van der Waals surface area contributed by atoms with Gasteiger partial charge in [-0.05, 0) is 50.2 Å². The van der Waals surface area contributed by atoms with E-state index in [1.165, 1.54) is 10.6 Å². The molecular formula is C16H22BrN3S. The van der Waals surface area contributed by atoms with Crippen LogP contribution in [0.4, 0.5) is 0 Å². The van der Waals surface area contributed by atoms with E-state index in [1.807, 2.05) is 18.0 Å². The van der Waals surface area contributed by atoms with Crippen LogP contribution in [0.15, 0.2) is 45.9 Å². The van der Waals surface area contributed by atoms with Gasteiger partial charge in [-0.25, -0.2) is 0 Å². The predicted molar refractivity (Wildman–Crippen MR) is 93.8 cm³/mol. The Kier molecular flexibility index (Phi) is 6.80. The van der Waals surface area contributed by atoms with Crippen LogP contribution in [-0.2, 0) is 6.54 Å². The number of halogens is 1. The van der Waals surface area contributed by atoms with Crippen LogP contribution in [-0.4, -0.2) is 22.1 Å². The quantitative estimate of drug-likeness (QED) is 0.696. The van der Waals surface area contributed by atoms with Gasteiger partial charge < -0.3 is 5.32 Å². The third-order valence-corrected chi connectivity index (χ3v) is 4.91. The normalized spacial score (nSPS) is 12.5. The van der Waals surface area contributed by atoms with Gasteiger partial charge in [0.1, 0.15) is 0 Å². The molecule has 114 valence electrons. The molecule has 1 aromatic heterocycles. The molecular weight excluding hydrogens is 346 g/mol. The van der Waals surface area contributed by atoms with Gasteiger partial charge in [-0.2, -0.15) is 5.10 Å². The lowest BCUT2D eigenvalue weighted by molar-refractivity contribution is 0.514. The fourth-order valence-corrected chi connectivity index (χ4v) is 3.42. The zero-order chi connectivity index (χ0) is 15.1. The minimum atomic E-state index is 0.334. The second-order valence-corrected chi connectivity index (χ2v) is 6.85. The average Bonchev–Trinajstić information content (AvgIpc) is 2.97. The molecule has 0 saturated heterocycles. The summed E-state index contributed by atoms with van der Waals surface area (Å²) in [5, 5.41) is 8.03. The van der Waals surface area contributed by atoms with E-state index in [1.54, 1.807) is 0 Å². The SMILES string of the molecule is CCCNC(CSc1ccc(Br)cc1)c1ccnn1CC. The molecule has 2 rings (SSSR count). The zero-order valence-corrected chi connectivity index (χ0v) is 15.0. The number of aromatic nitrogens is 2. The van der Waals surface area contributed by atoms with Crippen molar-refractivity contribution in [2.75, 3.05) is 12.3 Å². The van der Waals surface area contributed by atoms with Gasteiger partial charge in [0, 0.05) is 27.9 Å². The molecule has 2 aromatic rings. The summed E-state index contributed by atoms with van der Waals surface area (Å²) in [5.41, 5.74) is 1.27. The Morgan fingerprint density at radius 2 is 2.00 bits per heavy atom. The topological polar surface area (TPSA) is 29.9 Å². The molecule has 0 aliphatic rings. The van der Waals surface area contributed by atoms with Crippen LogP contribution >= 0.6 is 27.7 Å². The fraction of sp³-hybridized carbons (Fsp3) is 0.438. The molecule has 3 nitrogen and oxygen atoms in total. The summed E-state index contributed by atoms with van der Waals surface area (Å²) >= 11 is 5.36. The van der Waals surface area contributed by atoms with Gasteiger partial charge in [0.05, 0.1) is 11.7 Å². The first kappa shape index (κ1) is 16.6. The molecule has 0 fully saturated rings. The van der Waals surface area contributed by atoms with Gasteiger partial charge in [0.15, 0.2) is 0 Å². The van der Waals surface area contributed by atoms with Crippen LogP contribution in [0.5, 0.6) is 0 Å². The van der Waals surface area contributed by atoms with Gasteiger partial charge in [0.2, 0.25) is 0 Å². The van der Waals surface area contributed by atoms with Crippen molar-refractivity contribution in [3.63, 3.8) is 0 Å². The van der Waals surface area contributed by atoms with Gasteiger partial charge >= 0.3 is 0 Å². The van der Waals surface area contributed by atoms with Crippen molar-refractivity contribution < 1.29 is 0 Å². The molecule has 1 unspecified atom stereocenters. The Bertz CT molecular complexity index is 539. The van der Waals surface area contributed by atoms with Crippen molar-refractivity contribution >= 4 is 27.7 Å². The maximum absolute atomic E-state index is 4.39. The molecule has 0 bridgehead atoms. The number of nitrogens with one attached hydrogen (secondary N) is 1. The van der Waals surface area contributed by atoms with E-state index in [-0.39, 0.29) is 0 Å². The standard InChI is InChI=1S/C16H22BrN3S/c1-3-10-18-15(16-9-11-19-20(16)4-2)12-21-14-7-5-13(17)6-8-14/h5-9,11,15,18H,3-4,10,12H2,1-2H3. The van der Waals surface area contributed by atoms with Crippen LogP contribution in [0.3, 0.4) is 0 Å². The summed E-state index contributed by atoms with van der Waals surface area (Å²) < 4.78 is 3.20. The molecule has 0 saturated carbocycles. The molecule has 0 aliphatic heterocycles. The molecule has 1 atom stereocenters. The molecule has 1 aromatic carbocycles. The van der Waals surface area contributed by atoms with E-state index < -0.39 is 0 Å². The van der Waals surface area contributed by atoms with Crippen LogP contribution in [0.1, 0.15) is 32.0 Å². The Balaban J connectivity index is 2.04. The first-order valence-corrected chi connectivity index (χ1v) is 9.16. The second-order valence-electron chi connectivity index (χ2n) is 4.84. The smallest absolute Gasteiger partial charge is 0.0587 e. The maximum Gasteiger partial charge on any atom is 0.0587 e. The van der Waals surface area contributed by atoms with Gasteiger partial charge in [0.25, 0.3) is 0 Å². The van der Waals surface area contributed by atoms with Crippen molar-refractivity contribution in [3.8, 4) is 0 Å². The first-order valence-electron chi connectivity index (χ1n) is 7.38. The van der Waals surface area contributed by atoms with E-state index in [9.17, 15) is 0 Å². The van der Waals surface area contributed by atoms with E-state index in [0.29, 0.717) is 6.04 Å². The van der Waals surface area contributed by atoms with E-state index in [4.69, 9.17) is 0 Å². The van der Waals surface area contributed by atoms with E-state index >= 15 is 0 Å². The summed E-state index contributed by atoms with van der Waals surface area (Å²) in [6.07, 6.45) is 3.03. The highest BCUT2D eigenvalue weighted by molar-refractivity contribution is 9.10. The third-order valence-electron chi connectivity index (χ3n) is 3.28. The molecule has 0 radical (unpaired) electrons. The Labute approximate surface area is 139 Å². The van der Waals surface area contributed by atoms with Crippen LogP contribution in [0, 0.1) is 0 Å². The van der Waals surface area contributed by atoms with Gasteiger partial charge in [-0.1, -0.05) is 22.9 Å². The summed E-state index contributed by atoms with van der Waals surface area (Å²) in [5.74, 6) is 1.01. The Hall–Kier alpha value is -0.780. The molecule has 0 aliphatic carbocycles. The van der Waals surface area contributed by atoms with E-state index in [2.05, 4.69) is 75.2 Å². The minimum absolute atomic E-state index is 0.334. The van der Waals surface area contributed by atoms with Gasteiger partial charge in [-0.3, -0.25) is 4.68 Å². The molecule has 21 heavy (non-hydrogen) atoms. The zero-order valence-electron chi connectivity index (χ0n) is 12.6. The van der Waals surface area contributed by atoms with Crippen LogP contribution in [0.2, 0.25) is 0 Å². The summed E-state index contributed by atoms with van der Waals surface area (Å²) in [7, 11) is 0. The molecule has 1 heterocycles. The summed E-state index contributed by atoms with van der Waals surface area (Å²) in [4.78, 5) is 1.30. The van der Waals surface area contributed by atoms with Gasteiger partial charge in [-0.15, -0.1) is 11.8 Å². The van der Waals surface area contributed by atoms with Crippen molar-refractivity contribution in [2.24, 2.45) is 0 Å². The number of hydrogen-bond donors (Lipinski definition) is 1. The van der Waals surface area contributed by atoms with Crippen molar-refractivity contribution in [1.29, 1.82) is 0 Å². The third kappa shape index (κ3) is 4.87. The highest BCUT2D eigenvalue weighted by atomic mass is 79.9. The van der Waals surface area contributed by atoms with Crippen molar-refractivity contribution in [3.05, 3.63) is 46.7 Å². The van der Waals surface area contributed by atoms with Crippen LogP contribution < -0.4 is 5.32 Å². The number of benzene rings is 1. The average molecular weight is 368 g/mol. The lowest BCUT2D eigenvalue weighted by Crippen LogP contribution is -2.26. The molecule has 0 spiro atoms. The monoisotopic (exact) mass is 367 g/mol. The lowest BCUT2D eigenvalue weighted by Gasteiger charge is -2.19. The number of rotatable bonds is 8. The lowest BCUT2D eigenvalue weighted by atomic mass is 10.2. The fourth-order valence-electron chi connectivity index (χ4n) is 2.18. The maximum atomic E-state index is 4.39. The second kappa shape index (κ2) is 8.61. The summed E-state index contributed by atoms with van der Waals surface area (Å²) in [6.45, 7) is 6.27. The molecule has 0 amide bonds. The number of nitrogens with zero attached hydrogens (tertiary/aromatic N) is 2. The Morgan fingerprint density at radius 3 is 2.67 bits per heavy atom. The first-order chi connectivity index (χ1) is 10.2. The highest BCUT2D eigenvalue weighted by Crippen LogP contribution is 2.26. The highest BCUT2D eigenvalue weighted by Gasteiger charge is 2.15. The van der Waals surface area contributed by atoms with E-state index in [0.717, 1.165) is 29.7 Å². The summed E-state index contributed by atoms with van der Waals surface area (Å²) in [6, 6.07) is 11.0. The van der Waals surface area contributed by atoms with Crippen molar-refractivity contribution in [1.82, 2.24) is 15.1 Å². The molecule has 5 heteroatoms. The van der Waals surface area contributed by atoms with Crippen LogP contribution in [0.25, 0.3) is 0 Å². The molecule has 1 N–H and O–H groups in total. The minimum Gasteiger partial charge on any atom is -0.308 e. The van der Waals surface area contributed by atoms with Crippen molar-refractivity contribution in [2.45, 2.75) is 37.8 Å². The number of thioether (sulfide) groups is 1.